The molecule has 3 rings (SSSR count). The van der Waals surface area contributed by atoms with Gasteiger partial charge >= 0.3 is 5.97 Å². The summed E-state index contributed by atoms with van der Waals surface area (Å²) in [6.45, 7) is 1.76. The number of para-hydroxylation sites is 1. The van der Waals surface area contributed by atoms with Crippen molar-refractivity contribution in [2.75, 3.05) is 0 Å². The standard InChI is InChI=1S/C17H17N5O3/c1-11-14(9-20-22(11)13-5-3-2-4-6-13)16(23)21-15(17(24)25)7-12-8-18-10-19-12/h2-6,8-10,15H,7H2,1H3,(H,18,19)(H,21,23)(H,24,25). The molecule has 8 nitrogen and oxygen atoms in total. The fourth-order valence-corrected chi connectivity index (χ4v) is 2.51. The smallest absolute Gasteiger partial charge is 0.326 e. The molecule has 1 amide bonds. The van der Waals surface area contributed by atoms with Gasteiger partial charge in [0.2, 0.25) is 0 Å². The van der Waals surface area contributed by atoms with Crippen LogP contribution in [0.25, 0.3) is 5.69 Å². The lowest BCUT2D eigenvalue weighted by molar-refractivity contribution is -0.139. The van der Waals surface area contributed by atoms with Gasteiger partial charge in [-0.15, -0.1) is 0 Å². The van der Waals surface area contributed by atoms with Gasteiger partial charge in [0, 0.05) is 18.3 Å². The number of imidazole rings is 1. The number of nitrogens with zero attached hydrogens (tertiary/aromatic N) is 3. The van der Waals surface area contributed by atoms with Crippen LogP contribution in [0.15, 0.2) is 49.1 Å². The largest absolute Gasteiger partial charge is 0.480 e. The Kier molecular flexibility index (Phi) is 4.60. The number of aromatic amines is 1. The Morgan fingerprint density at radius 3 is 2.68 bits per heavy atom. The van der Waals surface area contributed by atoms with Crippen LogP contribution >= 0.6 is 0 Å². The summed E-state index contributed by atoms with van der Waals surface area (Å²) in [4.78, 5) is 30.6. The summed E-state index contributed by atoms with van der Waals surface area (Å²) in [5.74, 6) is -1.59. The van der Waals surface area contributed by atoms with E-state index < -0.39 is 17.9 Å². The minimum atomic E-state index is -1.11. The summed E-state index contributed by atoms with van der Waals surface area (Å²) in [6.07, 6.45) is 4.55. The molecule has 3 N–H and O–H groups in total. The van der Waals surface area contributed by atoms with Gasteiger partial charge < -0.3 is 15.4 Å². The number of amides is 1. The van der Waals surface area contributed by atoms with Gasteiger partial charge in [-0.1, -0.05) is 18.2 Å². The van der Waals surface area contributed by atoms with Gasteiger partial charge in [0.1, 0.15) is 6.04 Å². The molecule has 128 valence electrons. The van der Waals surface area contributed by atoms with E-state index >= 15 is 0 Å². The normalized spacial score (nSPS) is 11.9. The summed E-state index contributed by atoms with van der Waals surface area (Å²) >= 11 is 0. The van der Waals surface area contributed by atoms with Crippen molar-refractivity contribution in [2.24, 2.45) is 0 Å². The molecule has 8 heteroatoms. The number of rotatable bonds is 6. The monoisotopic (exact) mass is 339 g/mol. The van der Waals surface area contributed by atoms with Crippen LogP contribution in [0.1, 0.15) is 21.7 Å². The molecule has 0 bridgehead atoms. The van der Waals surface area contributed by atoms with Crippen LogP contribution in [0, 0.1) is 6.92 Å². The summed E-state index contributed by atoms with van der Waals surface area (Å²) in [6, 6.07) is 8.33. The molecule has 3 aromatic rings. The molecule has 0 radical (unpaired) electrons. The van der Waals surface area contributed by atoms with Crippen LogP contribution in [0.3, 0.4) is 0 Å². The van der Waals surface area contributed by atoms with Crippen LogP contribution in [0.2, 0.25) is 0 Å². The molecule has 1 unspecified atom stereocenters. The second-order valence-corrected chi connectivity index (χ2v) is 5.54. The molecular weight excluding hydrogens is 322 g/mol. The Balaban J connectivity index is 1.78. The molecule has 0 saturated heterocycles. The van der Waals surface area contributed by atoms with Crippen LogP contribution in [-0.4, -0.2) is 42.8 Å². The minimum absolute atomic E-state index is 0.118. The maximum atomic E-state index is 12.5. The zero-order chi connectivity index (χ0) is 17.8. The molecule has 25 heavy (non-hydrogen) atoms. The highest BCUT2D eigenvalue weighted by Crippen LogP contribution is 2.14. The summed E-state index contributed by atoms with van der Waals surface area (Å²) < 4.78 is 1.64. The van der Waals surface area contributed by atoms with Crippen molar-refractivity contribution in [1.29, 1.82) is 0 Å². The molecule has 2 heterocycles. The highest BCUT2D eigenvalue weighted by molar-refractivity contribution is 5.97. The van der Waals surface area contributed by atoms with Crippen LogP contribution < -0.4 is 5.32 Å². The first-order valence-electron chi connectivity index (χ1n) is 7.67. The predicted octanol–water partition coefficient (Wildman–Crippen LogP) is 1.33. The number of aromatic nitrogens is 4. The Morgan fingerprint density at radius 2 is 2.04 bits per heavy atom. The number of hydrogen-bond donors (Lipinski definition) is 3. The summed E-state index contributed by atoms with van der Waals surface area (Å²) in [5.41, 5.74) is 2.42. The number of carbonyl (C=O) groups is 2. The number of benzene rings is 1. The summed E-state index contributed by atoms with van der Waals surface area (Å²) in [7, 11) is 0. The van der Waals surface area contributed by atoms with E-state index in [1.165, 1.54) is 18.7 Å². The number of carboxylic acids is 1. The molecule has 0 fully saturated rings. The van der Waals surface area contributed by atoms with Crippen molar-refractivity contribution >= 4 is 11.9 Å². The van der Waals surface area contributed by atoms with E-state index in [1.54, 1.807) is 11.6 Å². The molecule has 0 aliphatic rings. The number of nitrogens with one attached hydrogen (secondary N) is 2. The Hall–Kier alpha value is -3.42. The SMILES string of the molecule is Cc1c(C(=O)NC(Cc2cnc[nH]2)C(=O)O)cnn1-c1ccccc1. The van der Waals surface area contributed by atoms with Gasteiger partial charge in [-0.25, -0.2) is 14.5 Å². The average molecular weight is 339 g/mol. The molecule has 2 aromatic heterocycles. The Morgan fingerprint density at radius 1 is 1.28 bits per heavy atom. The van der Waals surface area contributed by atoms with Crippen molar-refractivity contribution in [3.05, 3.63) is 66.0 Å². The van der Waals surface area contributed by atoms with Gasteiger partial charge in [0.15, 0.2) is 0 Å². The van der Waals surface area contributed by atoms with E-state index in [4.69, 9.17) is 0 Å². The van der Waals surface area contributed by atoms with E-state index in [2.05, 4.69) is 20.4 Å². The number of hydrogen-bond acceptors (Lipinski definition) is 4. The minimum Gasteiger partial charge on any atom is -0.480 e. The third kappa shape index (κ3) is 3.57. The highest BCUT2D eigenvalue weighted by Gasteiger charge is 2.24. The van der Waals surface area contributed by atoms with E-state index in [0.717, 1.165) is 5.69 Å². The number of H-pyrrole nitrogens is 1. The van der Waals surface area contributed by atoms with Crippen molar-refractivity contribution < 1.29 is 14.7 Å². The van der Waals surface area contributed by atoms with Gasteiger partial charge in [-0.3, -0.25) is 4.79 Å². The molecule has 1 aromatic carbocycles. The fourth-order valence-electron chi connectivity index (χ4n) is 2.51. The molecule has 0 aliphatic carbocycles. The van der Waals surface area contributed by atoms with E-state index in [1.807, 2.05) is 30.3 Å². The topological polar surface area (TPSA) is 113 Å². The Labute approximate surface area is 143 Å². The molecule has 0 aliphatic heterocycles. The molecule has 0 saturated carbocycles. The van der Waals surface area contributed by atoms with E-state index in [-0.39, 0.29) is 6.42 Å². The van der Waals surface area contributed by atoms with Crippen LogP contribution in [-0.2, 0) is 11.2 Å². The lowest BCUT2D eigenvalue weighted by atomic mass is 10.1. The fraction of sp³-hybridized carbons (Fsp3) is 0.176. The molecular formula is C17H17N5O3. The average Bonchev–Trinajstić information content (AvgIpc) is 3.24. The number of carboxylic acid groups (broad SMARTS) is 1. The van der Waals surface area contributed by atoms with Crippen molar-refractivity contribution in [3.63, 3.8) is 0 Å². The second kappa shape index (κ2) is 7.00. The first-order chi connectivity index (χ1) is 12.1. The van der Waals surface area contributed by atoms with Gasteiger partial charge in [0.05, 0.1) is 29.5 Å². The first-order valence-corrected chi connectivity index (χ1v) is 7.67. The Bertz CT molecular complexity index is 871. The predicted molar refractivity (Wildman–Crippen MR) is 89.5 cm³/mol. The first kappa shape index (κ1) is 16.4. The number of carbonyl (C=O) groups excluding carboxylic acids is 1. The maximum absolute atomic E-state index is 12.5. The zero-order valence-electron chi connectivity index (χ0n) is 13.5. The van der Waals surface area contributed by atoms with Crippen molar-refractivity contribution in [3.8, 4) is 5.69 Å². The van der Waals surface area contributed by atoms with Crippen molar-refractivity contribution in [1.82, 2.24) is 25.1 Å². The molecule has 1 atom stereocenters. The summed E-state index contributed by atoms with van der Waals surface area (Å²) in [5, 5.41) is 16.1. The second-order valence-electron chi connectivity index (χ2n) is 5.54. The van der Waals surface area contributed by atoms with Crippen LogP contribution in [0.4, 0.5) is 0 Å². The zero-order valence-corrected chi connectivity index (χ0v) is 13.5. The highest BCUT2D eigenvalue weighted by atomic mass is 16.4. The van der Waals surface area contributed by atoms with Gasteiger partial charge in [-0.05, 0) is 19.1 Å². The van der Waals surface area contributed by atoms with Gasteiger partial charge in [0.25, 0.3) is 5.91 Å². The lowest BCUT2D eigenvalue weighted by Crippen LogP contribution is -2.42. The van der Waals surface area contributed by atoms with Crippen molar-refractivity contribution in [2.45, 2.75) is 19.4 Å². The van der Waals surface area contributed by atoms with E-state index in [9.17, 15) is 14.7 Å². The molecule has 0 spiro atoms. The third-order valence-electron chi connectivity index (χ3n) is 3.84. The third-order valence-corrected chi connectivity index (χ3v) is 3.84. The van der Waals surface area contributed by atoms with Crippen LogP contribution in [0.5, 0.6) is 0 Å². The number of aliphatic carboxylic acids is 1. The quantitative estimate of drug-likeness (QED) is 0.627. The van der Waals surface area contributed by atoms with Gasteiger partial charge in [-0.2, -0.15) is 5.10 Å². The van der Waals surface area contributed by atoms with E-state index in [0.29, 0.717) is 17.0 Å². The lowest BCUT2D eigenvalue weighted by Gasteiger charge is -2.13. The maximum Gasteiger partial charge on any atom is 0.326 e.